The maximum Gasteiger partial charge on any atom is 0.245 e. The highest BCUT2D eigenvalue weighted by Gasteiger charge is 2.32. The summed E-state index contributed by atoms with van der Waals surface area (Å²) < 4.78 is 0. The van der Waals surface area contributed by atoms with Crippen LogP contribution in [0.5, 0.6) is 0 Å². The molecule has 11 nitrogen and oxygen atoms in total. The largest absolute Gasteiger partial charge is 0.391 e. The summed E-state index contributed by atoms with van der Waals surface area (Å²) in [4.78, 5) is 50.4. The monoisotopic (exact) mass is 484 g/mol. The van der Waals surface area contributed by atoms with Gasteiger partial charge in [-0.1, -0.05) is 33.1 Å². The number of aliphatic hydroxyl groups is 1. The number of carbonyl (C=O) groups is 4. The summed E-state index contributed by atoms with van der Waals surface area (Å²) in [6, 6.07) is -3.57. The van der Waals surface area contributed by atoms with Crippen LogP contribution < -0.4 is 33.2 Å². The molecule has 0 radical (unpaired) electrons. The molecule has 0 aliphatic heterocycles. The smallest absolute Gasteiger partial charge is 0.245 e. The van der Waals surface area contributed by atoms with E-state index in [4.69, 9.17) is 17.2 Å². The molecule has 10 N–H and O–H groups in total. The molecule has 0 heterocycles. The highest BCUT2D eigenvalue weighted by Crippen LogP contribution is 2.26. The number of ketones is 1. The van der Waals surface area contributed by atoms with Gasteiger partial charge < -0.3 is 38.3 Å². The molecule has 0 saturated heterocycles. The first-order valence-electron chi connectivity index (χ1n) is 12.3. The SMILES string of the molecule is CC(C)C(=O)[C@H](CCN)NC(=O)[C@@H](NC(=O)[C@H](CN)NC(=O)CC(N)C1CCCCC1)C(C)O. The molecular formula is C23H44N6O5. The third kappa shape index (κ3) is 9.65. The van der Waals surface area contributed by atoms with Crippen LogP contribution in [0.2, 0.25) is 0 Å². The Balaban J connectivity index is 2.74. The fourth-order valence-corrected chi connectivity index (χ4v) is 4.20. The van der Waals surface area contributed by atoms with E-state index < -0.39 is 42.0 Å². The Morgan fingerprint density at radius 3 is 2.03 bits per heavy atom. The standard InChI is InChI=1S/C23H44N6O5/c1-13(2)21(32)17(9-10-24)28-23(34)20(14(3)30)29-22(33)18(12-25)27-19(31)11-16(26)15-7-5-4-6-8-15/h13-18,20,30H,4-12,24-26H2,1-3H3,(H,27,31)(H,28,34)(H,29,33)/t14?,16?,17-,18-,20-/m0/s1. The van der Waals surface area contributed by atoms with Crippen LogP contribution in [0.25, 0.3) is 0 Å². The molecule has 0 aromatic heterocycles. The minimum absolute atomic E-state index is 0.0762. The highest BCUT2D eigenvalue weighted by atomic mass is 16.3. The van der Waals surface area contributed by atoms with E-state index in [-0.39, 0.29) is 49.6 Å². The Morgan fingerprint density at radius 2 is 1.53 bits per heavy atom. The van der Waals surface area contributed by atoms with E-state index in [9.17, 15) is 24.3 Å². The van der Waals surface area contributed by atoms with Gasteiger partial charge in [-0.25, -0.2) is 0 Å². The number of aliphatic hydroxyl groups excluding tert-OH is 1. The van der Waals surface area contributed by atoms with Crippen LogP contribution in [0.4, 0.5) is 0 Å². The fraction of sp³-hybridized carbons (Fsp3) is 0.826. The van der Waals surface area contributed by atoms with Gasteiger partial charge in [-0.15, -0.1) is 0 Å². The van der Waals surface area contributed by atoms with E-state index in [0.717, 1.165) is 25.7 Å². The average Bonchev–Trinajstić information content (AvgIpc) is 2.80. The summed E-state index contributed by atoms with van der Waals surface area (Å²) in [5.74, 6) is -2.08. The lowest BCUT2D eigenvalue weighted by atomic mass is 9.83. The zero-order chi connectivity index (χ0) is 25.8. The van der Waals surface area contributed by atoms with Crippen LogP contribution in [-0.4, -0.2) is 72.0 Å². The number of nitrogens with two attached hydrogens (primary N) is 3. The number of nitrogens with one attached hydrogen (secondary N) is 3. The Labute approximate surface area is 202 Å². The maximum atomic E-state index is 12.8. The summed E-state index contributed by atoms with van der Waals surface area (Å²) in [6.07, 6.45) is 4.41. The van der Waals surface area contributed by atoms with Crippen molar-refractivity contribution >= 4 is 23.5 Å². The van der Waals surface area contributed by atoms with E-state index in [0.29, 0.717) is 0 Å². The van der Waals surface area contributed by atoms with Gasteiger partial charge in [0.15, 0.2) is 5.78 Å². The second kappa shape index (κ2) is 15.0. The maximum absolute atomic E-state index is 12.8. The summed E-state index contributed by atoms with van der Waals surface area (Å²) in [7, 11) is 0. The van der Waals surface area contributed by atoms with Crippen molar-refractivity contribution in [3.05, 3.63) is 0 Å². The van der Waals surface area contributed by atoms with Gasteiger partial charge in [-0.2, -0.15) is 0 Å². The lowest BCUT2D eigenvalue weighted by molar-refractivity contribution is -0.135. The molecule has 1 fully saturated rings. The van der Waals surface area contributed by atoms with Crippen LogP contribution in [0.1, 0.15) is 65.7 Å². The zero-order valence-corrected chi connectivity index (χ0v) is 20.7. The lowest BCUT2D eigenvalue weighted by Gasteiger charge is -2.28. The molecule has 1 aliphatic carbocycles. The Hall–Kier alpha value is -2.08. The molecule has 1 rings (SSSR count). The first kappa shape index (κ1) is 30.0. The van der Waals surface area contributed by atoms with Gasteiger partial charge in [0.2, 0.25) is 17.7 Å². The lowest BCUT2D eigenvalue weighted by Crippen LogP contribution is -2.60. The quantitative estimate of drug-likeness (QED) is 0.157. The number of Topliss-reactive ketones (excluding diaryl/α,β-unsaturated/α-hetero) is 1. The normalized spacial score (nSPS) is 18.9. The minimum Gasteiger partial charge on any atom is -0.391 e. The zero-order valence-electron chi connectivity index (χ0n) is 20.7. The minimum atomic E-state index is -1.34. The number of hydrogen-bond acceptors (Lipinski definition) is 8. The van der Waals surface area contributed by atoms with Crippen LogP contribution in [0.15, 0.2) is 0 Å². The van der Waals surface area contributed by atoms with E-state index in [1.165, 1.54) is 13.3 Å². The molecule has 0 bridgehead atoms. The highest BCUT2D eigenvalue weighted by molar-refractivity contribution is 5.95. The predicted octanol–water partition coefficient (Wildman–Crippen LogP) is -1.35. The number of hydrogen-bond donors (Lipinski definition) is 7. The van der Waals surface area contributed by atoms with E-state index >= 15 is 0 Å². The third-order valence-electron chi connectivity index (χ3n) is 6.31. The molecule has 34 heavy (non-hydrogen) atoms. The summed E-state index contributed by atoms with van der Waals surface area (Å²) in [6.45, 7) is 4.73. The van der Waals surface area contributed by atoms with Gasteiger partial charge >= 0.3 is 0 Å². The second-order valence-corrected chi connectivity index (χ2v) is 9.54. The van der Waals surface area contributed by atoms with Gasteiger partial charge in [0, 0.05) is 24.9 Å². The molecule has 0 spiro atoms. The van der Waals surface area contributed by atoms with Crippen molar-refractivity contribution in [3.8, 4) is 0 Å². The molecule has 5 atom stereocenters. The molecular weight excluding hydrogens is 440 g/mol. The van der Waals surface area contributed by atoms with Gasteiger partial charge in [-0.05, 0) is 38.6 Å². The molecule has 3 amide bonds. The van der Waals surface area contributed by atoms with Crippen LogP contribution in [0.3, 0.4) is 0 Å². The van der Waals surface area contributed by atoms with Gasteiger partial charge in [0.05, 0.1) is 12.1 Å². The van der Waals surface area contributed by atoms with Crippen LogP contribution >= 0.6 is 0 Å². The van der Waals surface area contributed by atoms with E-state index in [1.54, 1.807) is 13.8 Å². The van der Waals surface area contributed by atoms with Crippen LogP contribution in [0, 0.1) is 11.8 Å². The number of rotatable bonds is 14. The average molecular weight is 485 g/mol. The molecule has 0 aromatic carbocycles. The topological polar surface area (TPSA) is 203 Å². The number of carbonyl (C=O) groups excluding carboxylic acids is 4. The Kier molecular flexibility index (Phi) is 13.2. The van der Waals surface area contributed by atoms with Crippen LogP contribution in [-0.2, 0) is 19.2 Å². The third-order valence-corrected chi connectivity index (χ3v) is 6.31. The summed E-state index contributed by atoms with van der Waals surface area (Å²) >= 11 is 0. The first-order chi connectivity index (χ1) is 16.0. The first-order valence-corrected chi connectivity index (χ1v) is 12.3. The molecule has 11 heteroatoms. The van der Waals surface area contributed by atoms with Gasteiger partial charge in [0.25, 0.3) is 0 Å². The summed E-state index contributed by atoms with van der Waals surface area (Å²) in [5.41, 5.74) is 17.5. The van der Waals surface area contributed by atoms with Crippen molar-refractivity contribution < 1.29 is 24.3 Å². The van der Waals surface area contributed by atoms with Gasteiger partial charge in [0.1, 0.15) is 12.1 Å². The predicted molar refractivity (Wildman–Crippen MR) is 129 cm³/mol. The molecule has 1 saturated carbocycles. The van der Waals surface area contributed by atoms with Crippen molar-refractivity contribution in [1.82, 2.24) is 16.0 Å². The summed E-state index contributed by atoms with van der Waals surface area (Å²) in [5, 5.41) is 17.7. The fourth-order valence-electron chi connectivity index (χ4n) is 4.20. The molecule has 0 aromatic rings. The van der Waals surface area contributed by atoms with Crippen molar-refractivity contribution in [1.29, 1.82) is 0 Å². The molecule has 196 valence electrons. The Bertz CT molecular complexity index is 681. The molecule has 1 aliphatic rings. The van der Waals surface area contributed by atoms with Crippen molar-refractivity contribution in [2.24, 2.45) is 29.0 Å². The van der Waals surface area contributed by atoms with Crippen molar-refractivity contribution in [2.75, 3.05) is 13.1 Å². The van der Waals surface area contributed by atoms with Gasteiger partial charge in [-0.3, -0.25) is 19.2 Å². The number of amides is 3. The van der Waals surface area contributed by atoms with Crippen molar-refractivity contribution in [3.63, 3.8) is 0 Å². The van der Waals surface area contributed by atoms with E-state index in [2.05, 4.69) is 16.0 Å². The second-order valence-electron chi connectivity index (χ2n) is 9.54. The Morgan fingerprint density at radius 1 is 0.912 bits per heavy atom. The van der Waals surface area contributed by atoms with Crippen molar-refractivity contribution in [2.45, 2.75) is 96.0 Å². The molecule has 2 unspecified atom stereocenters. The van der Waals surface area contributed by atoms with E-state index in [1.807, 2.05) is 0 Å².